The molecule has 18 heavy (non-hydrogen) atoms. The number of anilines is 1. The third-order valence-corrected chi connectivity index (χ3v) is 2.96. The number of hydrogen-bond acceptors (Lipinski definition) is 4. The highest BCUT2D eigenvalue weighted by Gasteiger charge is 2.14. The van der Waals surface area contributed by atoms with Gasteiger partial charge in [-0.3, -0.25) is 4.79 Å². The van der Waals surface area contributed by atoms with Crippen molar-refractivity contribution >= 4 is 29.3 Å². The average molecular weight is 267 g/mol. The Kier molecular flexibility index (Phi) is 5.71. The van der Waals surface area contributed by atoms with Crippen molar-refractivity contribution in [2.24, 2.45) is 0 Å². The second kappa shape index (κ2) is 7.06. The summed E-state index contributed by atoms with van der Waals surface area (Å²) in [4.78, 5) is 23.6. The van der Waals surface area contributed by atoms with Crippen LogP contribution in [0.1, 0.15) is 20.8 Å². The van der Waals surface area contributed by atoms with E-state index in [-0.39, 0.29) is 6.61 Å². The minimum absolute atomic E-state index is 0.191. The summed E-state index contributed by atoms with van der Waals surface area (Å²) in [5, 5.41) is 2.99. The quantitative estimate of drug-likeness (QED) is 0.517. The molecule has 1 N–H and O–H groups in total. The van der Waals surface area contributed by atoms with Crippen molar-refractivity contribution in [2.75, 3.05) is 11.9 Å². The summed E-state index contributed by atoms with van der Waals surface area (Å²) in [6.07, 6.45) is 0. The van der Waals surface area contributed by atoms with Gasteiger partial charge in [0, 0.05) is 15.8 Å². The Morgan fingerprint density at radius 2 is 1.89 bits per heavy atom. The predicted octanol–water partition coefficient (Wildman–Crippen LogP) is 2.69. The molecule has 0 aliphatic rings. The predicted molar refractivity (Wildman–Crippen MR) is 72.7 cm³/mol. The number of esters is 1. The second-order valence-electron chi connectivity index (χ2n) is 3.87. The highest BCUT2D eigenvalue weighted by molar-refractivity contribution is 7.99. The fourth-order valence-electron chi connectivity index (χ4n) is 1.27. The van der Waals surface area contributed by atoms with Crippen LogP contribution in [0.15, 0.2) is 29.2 Å². The molecule has 0 heterocycles. The number of ether oxygens (including phenoxy) is 1. The maximum absolute atomic E-state index is 11.4. The number of thioether (sulfide) groups is 1. The average Bonchev–Trinajstić information content (AvgIpc) is 2.31. The van der Waals surface area contributed by atoms with Crippen LogP contribution in [0.2, 0.25) is 0 Å². The van der Waals surface area contributed by atoms with Gasteiger partial charge in [-0.25, -0.2) is 4.79 Å². The van der Waals surface area contributed by atoms with Gasteiger partial charge in [0.05, 0.1) is 6.61 Å². The third-order valence-electron chi connectivity index (χ3n) is 1.94. The minimum Gasteiger partial charge on any atom is -0.459 e. The molecule has 0 fully saturated rings. The first-order valence-electron chi connectivity index (χ1n) is 5.77. The maximum Gasteiger partial charge on any atom is 0.397 e. The Bertz CT molecular complexity index is 415. The molecule has 0 atom stereocenters. The van der Waals surface area contributed by atoms with E-state index in [0.29, 0.717) is 10.9 Å². The molecule has 1 amide bonds. The van der Waals surface area contributed by atoms with Gasteiger partial charge in [-0.1, -0.05) is 13.8 Å². The van der Waals surface area contributed by atoms with E-state index in [4.69, 9.17) is 0 Å². The Balaban J connectivity index is 2.58. The normalized spacial score (nSPS) is 10.2. The largest absolute Gasteiger partial charge is 0.459 e. The highest BCUT2D eigenvalue weighted by atomic mass is 32.2. The van der Waals surface area contributed by atoms with Gasteiger partial charge < -0.3 is 10.1 Å². The number of carbonyl (C=O) groups is 2. The van der Waals surface area contributed by atoms with Gasteiger partial charge in [0.25, 0.3) is 0 Å². The number of hydrogen-bond donors (Lipinski definition) is 1. The van der Waals surface area contributed by atoms with Crippen LogP contribution >= 0.6 is 11.8 Å². The van der Waals surface area contributed by atoms with E-state index in [1.54, 1.807) is 30.8 Å². The van der Waals surface area contributed by atoms with E-state index < -0.39 is 11.9 Å². The van der Waals surface area contributed by atoms with E-state index >= 15 is 0 Å². The number of carbonyl (C=O) groups excluding carboxylic acids is 2. The molecule has 0 saturated carbocycles. The Morgan fingerprint density at radius 3 is 2.39 bits per heavy atom. The monoisotopic (exact) mass is 267 g/mol. The van der Waals surface area contributed by atoms with Crippen molar-refractivity contribution in [3.63, 3.8) is 0 Å². The van der Waals surface area contributed by atoms with Gasteiger partial charge in [0.2, 0.25) is 0 Å². The zero-order valence-corrected chi connectivity index (χ0v) is 11.5. The van der Waals surface area contributed by atoms with E-state index in [1.807, 2.05) is 12.1 Å². The fourth-order valence-corrected chi connectivity index (χ4v) is 2.11. The molecule has 0 unspecified atom stereocenters. The van der Waals surface area contributed by atoms with Gasteiger partial charge in [-0.05, 0) is 31.2 Å². The standard InChI is InChI=1S/C13H17NO3S/c1-4-17-13(16)12(15)14-10-5-7-11(8-6-10)18-9(2)3/h5-9H,4H2,1-3H3,(H,14,15). The Labute approximate surface area is 111 Å². The molecule has 0 bridgehead atoms. The van der Waals surface area contributed by atoms with Crippen LogP contribution in [-0.4, -0.2) is 23.7 Å². The lowest BCUT2D eigenvalue weighted by molar-refractivity contribution is -0.152. The summed E-state index contributed by atoms with van der Waals surface area (Å²) >= 11 is 1.74. The number of benzene rings is 1. The summed E-state index contributed by atoms with van der Waals surface area (Å²) < 4.78 is 4.60. The lowest BCUT2D eigenvalue weighted by Gasteiger charge is -2.07. The zero-order chi connectivity index (χ0) is 13.5. The number of amides is 1. The first kappa shape index (κ1) is 14.6. The third kappa shape index (κ3) is 4.79. The molecule has 0 spiro atoms. The smallest absolute Gasteiger partial charge is 0.397 e. The van der Waals surface area contributed by atoms with E-state index in [1.165, 1.54) is 0 Å². The first-order valence-corrected chi connectivity index (χ1v) is 6.65. The second-order valence-corrected chi connectivity index (χ2v) is 5.52. The Hall–Kier alpha value is -1.49. The molecule has 4 nitrogen and oxygen atoms in total. The van der Waals surface area contributed by atoms with E-state index in [9.17, 15) is 9.59 Å². The SMILES string of the molecule is CCOC(=O)C(=O)Nc1ccc(SC(C)C)cc1. The van der Waals surface area contributed by atoms with Gasteiger partial charge >= 0.3 is 11.9 Å². The van der Waals surface area contributed by atoms with Gasteiger partial charge in [-0.2, -0.15) is 0 Å². The number of rotatable bonds is 4. The zero-order valence-electron chi connectivity index (χ0n) is 10.7. The topological polar surface area (TPSA) is 55.4 Å². The van der Waals surface area contributed by atoms with Crippen LogP contribution in [0.25, 0.3) is 0 Å². The van der Waals surface area contributed by atoms with Crippen LogP contribution in [0, 0.1) is 0 Å². The van der Waals surface area contributed by atoms with Crippen LogP contribution < -0.4 is 5.32 Å². The maximum atomic E-state index is 11.4. The Morgan fingerprint density at radius 1 is 1.28 bits per heavy atom. The molecule has 0 aliphatic carbocycles. The molecule has 0 radical (unpaired) electrons. The van der Waals surface area contributed by atoms with Crippen LogP contribution in [-0.2, 0) is 14.3 Å². The minimum atomic E-state index is -0.863. The molecule has 1 aromatic rings. The lowest BCUT2D eigenvalue weighted by Crippen LogP contribution is -2.24. The highest BCUT2D eigenvalue weighted by Crippen LogP contribution is 2.24. The van der Waals surface area contributed by atoms with Gasteiger partial charge in [0.1, 0.15) is 0 Å². The molecule has 0 saturated heterocycles. The van der Waals surface area contributed by atoms with Gasteiger partial charge in [-0.15, -0.1) is 11.8 Å². The molecule has 0 aliphatic heterocycles. The van der Waals surface area contributed by atoms with Crippen molar-refractivity contribution in [1.82, 2.24) is 0 Å². The van der Waals surface area contributed by atoms with E-state index in [0.717, 1.165) is 4.90 Å². The van der Waals surface area contributed by atoms with Gasteiger partial charge in [0.15, 0.2) is 0 Å². The number of nitrogens with one attached hydrogen (secondary N) is 1. The molecular weight excluding hydrogens is 250 g/mol. The van der Waals surface area contributed by atoms with E-state index in [2.05, 4.69) is 23.9 Å². The van der Waals surface area contributed by atoms with Crippen molar-refractivity contribution in [3.8, 4) is 0 Å². The summed E-state index contributed by atoms with van der Waals surface area (Å²) in [6, 6.07) is 7.35. The summed E-state index contributed by atoms with van der Waals surface area (Å²) in [6.45, 7) is 6.07. The van der Waals surface area contributed by atoms with Crippen molar-refractivity contribution in [1.29, 1.82) is 0 Å². The summed E-state index contributed by atoms with van der Waals surface area (Å²) in [5.74, 6) is -1.61. The summed E-state index contributed by atoms with van der Waals surface area (Å²) in [5.41, 5.74) is 0.584. The molecule has 98 valence electrons. The van der Waals surface area contributed by atoms with Crippen molar-refractivity contribution < 1.29 is 14.3 Å². The van der Waals surface area contributed by atoms with Crippen molar-refractivity contribution in [2.45, 2.75) is 30.9 Å². The molecule has 1 rings (SSSR count). The first-order chi connectivity index (χ1) is 8.52. The van der Waals surface area contributed by atoms with Crippen LogP contribution in [0.4, 0.5) is 5.69 Å². The molecule has 5 heteroatoms. The van der Waals surface area contributed by atoms with Crippen molar-refractivity contribution in [3.05, 3.63) is 24.3 Å². The fraction of sp³-hybridized carbons (Fsp3) is 0.385. The summed E-state index contributed by atoms with van der Waals surface area (Å²) in [7, 11) is 0. The van der Waals surface area contributed by atoms with Crippen LogP contribution in [0.5, 0.6) is 0 Å². The molecule has 0 aromatic heterocycles. The molecule has 1 aromatic carbocycles. The molecular formula is C13H17NO3S. The lowest BCUT2D eigenvalue weighted by atomic mass is 10.3. The van der Waals surface area contributed by atoms with Crippen LogP contribution in [0.3, 0.4) is 0 Å².